The smallest absolute Gasteiger partial charge is 0.164 e. The predicted molar refractivity (Wildman–Crippen MR) is 99.4 cm³/mol. The molecule has 152 valence electrons. The molecule has 4 atom stereocenters. The van der Waals surface area contributed by atoms with Crippen LogP contribution in [0.5, 0.6) is 5.75 Å². The maximum Gasteiger partial charge on any atom is 0.164 e. The highest BCUT2D eigenvalue weighted by molar-refractivity contribution is 5.26. The average molecular weight is 381 g/mol. The normalized spacial score (nSPS) is 31.9. The fourth-order valence-corrected chi connectivity index (χ4v) is 3.61. The van der Waals surface area contributed by atoms with E-state index in [-0.39, 0.29) is 24.4 Å². The van der Waals surface area contributed by atoms with Crippen LogP contribution in [-0.4, -0.2) is 56.3 Å². The number of hydrogen-bond donors (Lipinski definition) is 1. The lowest BCUT2D eigenvalue weighted by Gasteiger charge is -2.25. The van der Waals surface area contributed by atoms with Crippen LogP contribution in [0.1, 0.15) is 33.3 Å². The zero-order valence-corrected chi connectivity index (χ0v) is 16.8. The molecule has 2 saturated heterocycles. The Morgan fingerprint density at radius 3 is 2.00 bits per heavy atom. The van der Waals surface area contributed by atoms with Gasteiger partial charge in [-0.05, 0) is 45.4 Å². The molecular formula is C20H31NO6. The van der Waals surface area contributed by atoms with Crippen molar-refractivity contribution in [2.24, 2.45) is 5.73 Å². The number of hydrogen-bond acceptors (Lipinski definition) is 7. The number of benzene rings is 1. The minimum atomic E-state index is -0.714. The van der Waals surface area contributed by atoms with Crippen LogP contribution in [0.15, 0.2) is 24.3 Å². The largest absolute Gasteiger partial charge is 0.497 e. The van der Waals surface area contributed by atoms with Gasteiger partial charge >= 0.3 is 0 Å². The van der Waals surface area contributed by atoms with E-state index in [0.29, 0.717) is 19.8 Å². The molecule has 0 aliphatic carbocycles. The summed E-state index contributed by atoms with van der Waals surface area (Å²) < 4.78 is 35.2. The summed E-state index contributed by atoms with van der Waals surface area (Å²) >= 11 is 0. The van der Waals surface area contributed by atoms with Crippen LogP contribution in [0.2, 0.25) is 0 Å². The van der Waals surface area contributed by atoms with Crippen molar-refractivity contribution in [2.75, 3.05) is 20.3 Å². The van der Waals surface area contributed by atoms with Gasteiger partial charge in [0.1, 0.15) is 30.2 Å². The van der Waals surface area contributed by atoms with Crippen molar-refractivity contribution in [1.82, 2.24) is 0 Å². The van der Waals surface area contributed by atoms with Crippen LogP contribution in [0, 0.1) is 0 Å². The van der Waals surface area contributed by atoms with Crippen molar-refractivity contribution in [3.63, 3.8) is 0 Å². The van der Waals surface area contributed by atoms with E-state index < -0.39 is 11.6 Å². The first kappa shape index (κ1) is 20.5. The Kier molecular flexibility index (Phi) is 6.10. The molecule has 2 aliphatic rings. The first-order valence-corrected chi connectivity index (χ1v) is 9.35. The quantitative estimate of drug-likeness (QED) is 0.775. The molecular weight excluding hydrogens is 350 g/mol. The lowest BCUT2D eigenvalue weighted by Crippen LogP contribution is -2.45. The molecule has 0 radical (unpaired) electrons. The molecule has 27 heavy (non-hydrogen) atoms. The van der Waals surface area contributed by atoms with Crippen LogP contribution in [0.3, 0.4) is 0 Å². The molecule has 0 saturated carbocycles. The third-order valence-corrected chi connectivity index (χ3v) is 4.71. The Bertz CT molecular complexity index is 617. The van der Waals surface area contributed by atoms with Gasteiger partial charge in [0.2, 0.25) is 0 Å². The van der Waals surface area contributed by atoms with Gasteiger partial charge in [-0.1, -0.05) is 12.1 Å². The van der Waals surface area contributed by atoms with Gasteiger partial charge in [0, 0.05) is 6.54 Å². The summed E-state index contributed by atoms with van der Waals surface area (Å²) in [6.07, 6.45) is -1.13. The van der Waals surface area contributed by atoms with Gasteiger partial charge in [-0.15, -0.1) is 0 Å². The molecule has 2 aliphatic heterocycles. The van der Waals surface area contributed by atoms with Gasteiger partial charge in [-0.25, -0.2) is 0 Å². The monoisotopic (exact) mass is 381 g/mol. The van der Waals surface area contributed by atoms with Crippen LogP contribution < -0.4 is 10.5 Å². The molecule has 2 N–H and O–H groups in total. The molecule has 0 aromatic heterocycles. The summed E-state index contributed by atoms with van der Waals surface area (Å²) in [5.74, 6) is -0.588. The lowest BCUT2D eigenvalue weighted by atomic mass is 10.0. The Morgan fingerprint density at radius 1 is 0.889 bits per heavy atom. The summed E-state index contributed by atoms with van der Waals surface area (Å²) in [4.78, 5) is 0. The maximum absolute atomic E-state index is 6.12. The van der Waals surface area contributed by atoms with Crippen molar-refractivity contribution in [2.45, 2.75) is 70.3 Å². The van der Waals surface area contributed by atoms with Crippen LogP contribution >= 0.6 is 0 Å². The Morgan fingerprint density at radius 2 is 1.44 bits per heavy atom. The minimum Gasteiger partial charge on any atom is -0.497 e. The van der Waals surface area contributed by atoms with E-state index in [9.17, 15) is 0 Å². The second kappa shape index (κ2) is 8.03. The highest BCUT2D eigenvalue weighted by Crippen LogP contribution is 2.38. The summed E-state index contributed by atoms with van der Waals surface area (Å²) in [6, 6.07) is 7.79. The molecule has 0 spiro atoms. The van der Waals surface area contributed by atoms with Crippen molar-refractivity contribution in [1.29, 1.82) is 0 Å². The summed E-state index contributed by atoms with van der Waals surface area (Å²) in [6.45, 7) is 8.76. The van der Waals surface area contributed by atoms with E-state index >= 15 is 0 Å². The van der Waals surface area contributed by atoms with E-state index in [1.807, 2.05) is 52.0 Å². The van der Waals surface area contributed by atoms with E-state index in [2.05, 4.69) is 0 Å². The molecule has 2 heterocycles. The summed E-state index contributed by atoms with van der Waals surface area (Å²) in [7, 11) is 1.65. The van der Waals surface area contributed by atoms with Gasteiger partial charge in [0.25, 0.3) is 0 Å². The van der Waals surface area contributed by atoms with Crippen molar-refractivity contribution in [3.05, 3.63) is 29.8 Å². The lowest BCUT2D eigenvalue weighted by molar-refractivity contribution is -0.175. The second-order valence-corrected chi connectivity index (χ2v) is 7.88. The zero-order valence-electron chi connectivity index (χ0n) is 16.8. The Hall–Kier alpha value is -1.22. The fourth-order valence-electron chi connectivity index (χ4n) is 3.61. The van der Waals surface area contributed by atoms with Crippen LogP contribution in [0.25, 0.3) is 0 Å². The highest BCUT2D eigenvalue weighted by Gasteiger charge is 2.53. The third-order valence-electron chi connectivity index (χ3n) is 4.71. The number of methoxy groups -OCH3 is 1. The third kappa shape index (κ3) is 4.99. The number of ether oxygens (including phenoxy) is 6. The van der Waals surface area contributed by atoms with Crippen molar-refractivity contribution >= 4 is 0 Å². The SMILES string of the molecule is COc1ccc(COC[C@H]2OC(C)(C)O[C@@H]2[C@H]2OC(C)(C)O[C@@H]2CN)cc1. The van der Waals surface area contributed by atoms with Gasteiger partial charge < -0.3 is 34.2 Å². The van der Waals surface area contributed by atoms with Crippen molar-refractivity contribution in [3.8, 4) is 5.75 Å². The molecule has 1 aromatic rings. The number of nitrogens with two attached hydrogens (primary N) is 1. The summed E-state index contributed by atoms with van der Waals surface area (Å²) in [5.41, 5.74) is 6.94. The molecule has 2 fully saturated rings. The molecule has 3 rings (SSSR count). The van der Waals surface area contributed by atoms with Crippen LogP contribution in [0.4, 0.5) is 0 Å². The Balaban J connectivity index is 1.61. The van der Waals surface area contributed by atoms with E-state index in [4.69, 9.17) is 34.2 Å². The standard InChI is InChI=1S/C20H31NO6/c1-19(2)24-15(10-21)17(26-19)18-16(25-20(3,4)27-18)12-23-11-13-6-8-14(22-5)9-7-13/h6-9,15-18H,10-12,21H2,1-5H3/t15-,16-,17+,18+/m1/s1. The highest BCUT2D eigenvalue weighted by atomic mass is 16.8. The van der Waals surface area contributed by atoms with E-state index in [1.54, 1.807) is 7.11 Å². The minimum absolute atomic E-state index is 0.244. The molecule has 1 aromatic carbocycles. The summed E-state index contributed by atoms with van der Waals surface area (Å²) in [5, 5.41) is 0. The van der Waals surface area contributed by atoms with E-state index in [1.165, 1.54) is 0 Å². The van der Waals surface area contributed by atoms with E-state index in [0.717, 1.165) is 11.3 Å². The van der Waals surface area contributed by atoms with Crippen LogP contribution in [-0.2, 0) is 30.3 Å². The second-order valence-electron chi connectivity index (χ2n) is 7.88. The molecule has 0 bridgehead atoms. The van der Waals surface area contributed by atoms with Crippen molar-refractivity contribution < 1.29 is 28.4 Å². The molecule has 0 amide bonds. The first-order valence-electron chi connectivity index (χ1n) is 9.35. The van der Waals surface area contributed by atoms with Gasteiger partial charge in [0.15, 0.2) is 11.6 Å². The topological polar surface area (TPSA) is 81.4 Å². The zero-order chi connectivity index (χ0) is 19.7. The van der Waals surface area contributed by atoms with Gasteiger partial charge in [-0.3, -0.25) is 0 Å². The van der Waals surface area contributed by atoms with Gasteiger partial charge in [-0.2, -0.15) is 0 Å². The predicted octanol–water partition coefficient (Wildman–Crippen LogP) is 2.21. The molecule has 7 nitrogen and oxygen atoms in total. The van der Waals surface area contributed by atoms with Gasteiger partial charge in [0.05, 0.1) is 20.3 Å². The first-order chi connectivity index (χ1) is 12.7. The molecule has 7 heteroatoms. The molecule has 0 unspecified atom stereocenters. The Labute approximate surface area is 161 Å². The number of rotatable bonds is 7. The average Bonchev–Trinajstić information content (AvgIpc) is 3.10. The fraction of sp³-hybridized carbons (Fsp3) is 0.700. The maximum atomic E-state index is 6.12.